The molecule has 0 saturated heterocycles. The SMILES string of the molecule is COc1cc2ncc(C#N)c(Nc3ccc(-n4ccnc4)c(Cl)c3)c2cc1NC(=O)/C=C/CN(C)C. The monoisotopic (exact) mass is 501 g/mol. The van der Waals surface area contributed by atoms with Crippen LogP contribution in [0.25, 0.3) is 16.6 Å². The Balaban J connectivity index is 1.72. The standard InChI is InChI=1S/C26H24ClN7O2/c1-33(2)9-4-5-25(35)32-22-12-19-21(13-24(22)36-3)30-15-17(14-28)26(19)31-18-6-7-23(20(27)11-18)34-10-8-29-16-34/h4-8,10-13,15-16H,9H2,1-3H3,(H,30,31)(H,32,35)/b5-4+. The summed E-state index contributed by atoms with van der Waals surface area (Å²) < 4.78 is 7.29. The van der Waals surface area contributed by atoms with E-state index in [-0.39, 0.29) is 5.91 Å². The summed E-state index contributed by atoms with van der Waals surface area (Å²) in [5, 5.41) is 17.1. The van der Waals surface area contributed by atoms with Crippen molar-refractivity contribution in [1.29, 1.82) is 5.26 Å². The van der Waals surface area contributed by atoms with Gasteiger partial charge in [-0.3, -0.25) is 9.78 Å². The number of nitrogens with one attached hydrogen (secondary N) is 2. The van der Waals surface area contributed by atoms with Gasteiger partial charge in [0.2, 0.25) is 5.91 Å². The van der Waals surface area contributed by atoms with Gasteiger partial charge in [-0.15, -0.1) is 0 Å². The summed E-state index contributed by atoms with van der Waals surface area (Å²) in [6, 6.07) is 11.1. The molecule has 0 radical (unpaired) electrons. The van der Waals surface area contributed by atoms with Crippen molar-refractivity contribution >= 4 is 45.5 Å². The van der Waals surface area contributed by atoms with E-state index in [1.54, 1.807) is 43.0 Å². The van der Waals surface area contributed by atoms with Gasteiger partial charge in [0.05, 0.1) is 46.6 Å². The summed E-state index contributed by atoms with van der Waals surface area (Å²) in [5.41, 5.74) is 3.38. The number of halogens is 1. The van der Waals surface area contributed by atoms with Gasteiger partial charge in [-0.1, -0.05) is 17.7 Å². The van der Waals surface area contributed by atoms with Crippen LogP contribution in [0.15, 0.2) is 67.4 Å². The van der Waals surface area contributed by atoms with Gasteiger partial charge < -0.3 is 24.8 Å². The number of nitrogens with zero attached hydrogens (tertiary/aromatic N) is 5. The Morgan fingerprint density at radius 3 is 2.81 bits per heavy atom. The number of ether oxygens (including phenoxy) is 1. The van der Waals surface area contributed by atoms with Gasteiger partial charge >= 0.3 is 0 Å². The van der Waals surface area contributed by atoms with Crippen molar-refractivity contribution in [2.75, 3.05) is 38.4 Å². The van der Waals surface area contributed by atoms with Gasteiger partial charge in [0.1, 0.15) is 11.8 Å². The maximum Gasteiger partial charge on any atom is 0.248 e. The second-order valence-electron chi connectivity index (χ2n) is 8.14. The Morgan fingerprint density at radius 2 is 2.14 bits per heavy atom. The number of hydrogen-bond donors (Lipinski definition) is 2. The molecule has 0 bridgehead atoms. The summed E-state index contributed by atoms with van der Waals surface area (Å²) >= 11 is 6.52. The topological polar surface area (TPSA) is 108 Å². The summed E-state index contributed by atoms with van der Waals surface area (Å²) in [5.74, 6) is 0.156. The van der Waals surface area contributed by atoms with E-state index in [1.165, 1.54) is 19.4 Å². The Labute approximate surface area is 213 Å². The van der Waals surface area contributed by atoms with Crippen LogP contribution in [0, 0.1) is 11.3 Å². The van der Waals surface area contributed by atoms with Crippen molar-refractivity contribution in [2.24, 2.45) is 0 Å². The second kappa shape index (κ2) is 10.9. The minimum Gasteiger partial charge on any atom is -0.494 e. The molecule has 1 amide bonds. The number of methoxy groups -OCH3 is 1. The predicted octanol–water partition coefficient (Wildman–Crippen LogP) is 4.75. The fraction of sp³-hybridized carbons (Fsp3) is 0.154. The third-order valence-electron chi connectivity index (χ3n) is 5.31. The average molecular weight is 502 g/mol. The van der Waals surface area contributed by atoms with E-state index >= 15 is 0 Å². The highest BCUT2D eigenvalue weighted by Gasteiger charge is 2.15. The first-order valence-electron chi connectivity index (χ1n) is 11.0. The molecular formula is C26H24ClN7O2. The lowest BCUT2D eigenvalue weighted by Crippen LogP contribution is -2.13. The highest BCUT2D eigenvalue weighted by molar-refractivity contribution is 6.32. The lowest BCUT2D eigenvalue weighted by atomic mass is 10.1. The molecule has 0 aliphatic carbocycles. The third-order valence-corrected chi connectivity index (χ3v) is 5.61. The number of imidazole rings is 1. The van der Waals surface area contributed by atoms with Crippen molar-refractivity contribution < 1.29 is 9.53 Å². The molecule has 0 atom stereocenters. The zero-order valence-corrected chi connectivity index (χ0v) is 20.7. The molecule has 0 spiro atoms. The van der Waals surface area contributed by atoms with Crippen molar-refractivity contribution in [2.45, 2.75) is 0 Å². The molecule has 0 aliphatic heterocycles. The van der Waals surface area contributed by atoms with E-state index in [0.717, 1.165) is 5.69 Å². The number of hydrogen-bond acceptors (Lipinski definition) is 7. The molecule has 4 rings (SSSR count). The zero-order chi connectivity index (χ0) is 25.7. The molecule has 2 N–H and O–H groups in total. The van der Waals surface area contributed by atoms with Crippen LogP contribution in [-0.2, 0) is 4.79 Å². The first-order valence-corrected chi connectivity index (χ1v) is 11.4. The van der Waals surface area contributed by atoms with Gasteiger partial charge in [0.15, 0.2) is 0 Å². The lowest BCUT2D eigenvalue weighted by Gasteiger charge is -2.16. The lowest BCUT2D eigenvalue weighted by molar-refractivity contribution is -0.111. The second-order valence-corrected chi connectivity index (χ2v) is 8.55. The predicted molar refractivity (Wildman–Crippen MR) is 141 cm³/mol. The fourth-order valence-corrected chi connectivity index (χ4v) is 3.87. The minimum absolute atomic E-state index is 0.296. The van der Waals surface area contributed by atoms with E-state index in [2.05, 4.69) is 26.7 Å². The number of anilines is 3. The first-order chi connectivity index (χ1) is 17.4. The summed E-state index contributed by atoms with van der Waals surface area (Å²) in [4.78, 5) is 22.9. The number of aromatic nitrogens is 3. The Kier molecular flexibility index (Phi) is 7.49. The van der Waals surface area contributed by atoms with E-state index in [4.69, 9.17) is 16.3 Å². The number of fused-ring (bicyclic) bond motifs is 1. The molecule has 2 heterocycles. The van der Waals surface area contributed by atoms with E-state index < -0.39 is 0 Å². The molecule has 2 aromatic heterocycles. The van der Waals surface area contributed by atoms with Gasteiger partial charge in [0.25, 0.3) is 0 Å². The number of carbonyl (C=O) groups is 1. The van der Waals surface area contributed by atoms with Crippen LogP contribution in [-0.4, -0.2) is 53.1 Å². The van der Waals surface area contributed by atoms with Crippen LogP contribution in [0.2, 0.25) is 5.02 Å². The van der Waals surface area contributed by atoms with E-state index in [1.807, 2.05) is 35.7 Å². The van der Waals surface area contributed by atoms with Gasteiger partial charge in [-0.25, -0.2) is 4.98 Å². The van der Waals surface area contributed by atoms with Crippen LogP contribution in [0.4, 0.5) is 17.1 Å². The fourth-order valence-electron chi connectivity index (χ4n) is 3.59. The molecule has 9 nitrogen and oxygen atoms in total. The Morgan fingerprint density at radius 1 is 1.31 bits per heavy atom. The van der Waals surface area contributed by atoms with Gasteiger partial charge in [-0.05, 0) is 38.4 Å². The summed E-state index contributed by atoms with van der Waals surface area (Å²) in [6.45, 7) is 0.633. The van der Waals surface area contributed by atoms with E-state index in [9.17, 15) is 10.1 Å². The maximum absolute atomic E-state index is 12.5. The highest BCUT2D eigenvalue weighted by Crippen LogP contribution is 2.36. The number of benzene rings is 2. The molecule has 0 saturated carbocycles. The maximum atomic E-state index is 12.5. The molecule has 2 aromatic carbocycles. The van der Waals surface area contributed by atoms with Crippen molar-refractivity contribution in [3.05, 3.63) is 78.0 Å². The van der Waals surface area contributed by atoms with Crippen molar-refractivity contribution in [1.82, 2.24) is 19.4 Å². The van der Waals surface area contributed by atoms with Crippen LogP contribution >= 0.6 is 11.6 Å². The molecule has 36 heavy (non-hydrogen) atoms. The normalized spacial score (nSPS) is 11.1. The van der Waals surface area contributed by atoms with Crippen LogP contribution in [0.5, 0.6) is 5.75 Å². The molecule has 0 unspecified atom stereocenters. The largest absolute Gasteiger partial charge is 0.494 e. The zero-order valence-electron chi connectivity index (χ0n) is 20.0. The smallest absolute Gasteiger partial charge is 0.248 e. The first kappa shape index (κ1) is 24.7. The number of pyridine rings is 1. The van der Waals surface area contributed by atoms with Crippen molar-refractivity contribution in [3.8, 4) is 17.5 Å². The third kappa shape index (κ3) is 5.46. The van der Waals surface area contributed by atoms with Crippen LogP contribution < -0.4 is 15.4 Å². The number of amides is 1. The molecule has 182 valence electrons. The van der Waals surface area contributed by atoms with Gasteiger partial charge in [0, 0.05) is 48.4 Å². The number of nitriles is 1. The molecule has 0 aliphatic rings. The van der Waals surface area contributed by atoms with Crippen LogP contribution in [0.3, 0.4) is 0 Å². The molecule has 0 fully saturated rings. The van der Waals surface area contributed by atoms with Gasteiger partial charge in [-0.2, -0.15) is 5.26 Å². The Hall–Kier alpha value is -4.39. The molecule has 4 aromatic rings. The van der Waals surface area contributed by atoms with Crippen LogP contribution in [0.1, 0.15) is 5.56 Å². The minimum atomic E-state index is -0.296. The highest BCUT2D eigenvalue weighted by atomic mass is 35.5. The number of likely N-dealkylation sites (N-methyl/N-ethyl adjacent to an activating group) is 1. The number of carbonyl (C=O) groups excluding carboxylic acids is 1. The summed E-state index contributed by atoms with van der Waals surface area (Å²) in [6.07, 6.45) is 9.87. The van der Waals surface area contributed by atoms with Crippen molar-refractivity contribution in [3.63, 3.8) is 0 Å². The quantitative estimate of drug-likeness (QED) is 0.335. The number of rotatable bonds is 8. The average Bonchev–Trinajstić information content (AvgIpc) is 3.38. The Bertz CT molecular complexity index is 1470. The van der Waals surface area contributed by atoms with E-state index in [0.29, 0.717) is 50.8 Å². The molecule has 10 heteroatoms. The molecular weight excluding hydrogens is 478 g/mol. The summed E-state index contributed by atoms with van der Waals surface area (Å²) in [7, 11) is 5.36.